The molecule has 0 saturated carbocycles. The first-order chi connectivity index (χ1) is 12.3. The van der Waals surface area contributed by atoms with Gasteiger partial charge in [-0.05, 0) is 51.7 Å². The van der Waals surface area contributed by atoms with Crippen LogP contribution in [0.3, 0.4) is 0 Å². The number of hydrogen-bond acceptors (Lipinski definition) is 4. The van der Waals surface area contributed by atoms with Crippen LogP contribution in [-0.4, -0.2) is 48.0 Å². The Kier molecular flexibility index (Phi) is 6.71. The fraction of sp³-hybridized carbons (Fsp3) is 0.526. The van der Waals surface area contributed by atoms with Gasteiger partial charge in [-0.3, -0.25) is 4.79 Å². The molecule has 0 radical (unpaired) electrons. The molecule has 0 aliphatic carbocycles. The molecule has 6 nitrogen and oxygen atoms in total. The maximum Gasteiger partial charge on any atom is 0.410 e. The molecule has 1 aromatic carbocycles. The molecular formula is C19H26FN3O3. The summed E-state index contributed by atoms with van der Waals surface area (Å²) in [5.41, 5.74) is 2.25. The van der Waals surface area contributed by atoms with Gasteiger partial charge in [0.1, 0.15) is 11.8 Å². The Morgan fingerprint density at radius 1 is 1.27 bits per heavy atom. The zero-order valence-corrected chi connectivity index (χ0v) is 15.4. The van der Waals surface area contributed by atoms with E-state index in [2.05, 4.69) is 10.5 Å². The first-order valence-electron chi connectivity index (χ1n) is 8.77. The van der Waals surface area contributed by atoms with Gasteiger partial charge in [0.05, 0.1) is 6.21 Å². The Hall–Kier alpha value is -2.44. The van der Waals surface area contributed by atoms with Gasteiger partial charge >= 0.3 is 6.09 Å². The number of alkyl halides is 1. The van der Waals surface area contributed by atoms with Crippen molar-refractivity contribution in [3.05, 3.63) is 35.9 Å². The van der Waals surface area contributed by atoms with Crippen LogP contribution in [0.25, 0.3) is 0 Å². The van der Waals surface area contributed by atoms with Gasteiger partial charge in [-0.25, -0.2) is 14.6 Å². The van der Waals surface area contributed by atoms with Gasteiger partial charge in [-0.1, -0.05) is 18.2 Å². The lowest BCUT2D eigenvalue weighted by Gasteiger charge is -2.33. The van der Waals surface area contributed by atoms with E-state index in [1.807, 2.05) is 20.8 Å². The number of nitrogens with zero attached hydrogens (tertiary/aromatic N) is 2. The average Bonchev–Trinajstić information content (AvgIpc) is 2.61. The lowest BCUT2D eigenvalue weighted by atomic mass is 9.92. The molecule has 1 aliphatic rings. The first-order valence-corrected chi connectivity index (χ1v) is 8.77. The molecule has 1 atom stereocenters. The summed E-state index contributed by atoms with van der Waals surface area (Å²) in [5, 5.41) is 3.72. The number of ether oxygens (including phenoxy) is 1. The summed E-state index contributed by atoms with van der Waals surface area (Å²) in [6, 6.07) is 8.61. The zero-order valence-electron chi connectivity index (χ0n) is 15.4. The summed E-state index contributed by atoms with van der Waals surface area (Å²) in [4.78, 5) is 25.4. The quantitative estimate of drug-likeness (QED) is 0.659. The van der Waals surface area contributed by atoms with Crippen LogP contribution in [0.5, 0.6) is 0 Å². The minimum Gasteiger partial charge on any atom is -0.444 e. The molecule has 1 aromatic rings. The van der Waals surface area contributed by atoms with E-state index in [0.717, 1.165) is 6.21 Å². The summed E-state index contributed by atoms with van der Waals surface area (Å²) < 4.78 is 19.6. The van der Waals surface area contributed by atoms with Crippen molar-refractivity contribution < 1.29 is 18.7 Å². The van der Waals surface area contributed by atoms with E-state index in [4.69, 9.17) is 4.74 Å². The van der Waals surface area contributed by atoms with Crippen molar-refractivity contribution in [2.75, 3.05) is 13.1 Å². The molecule has 26 heavy (non-hydrogen) atoms. The second-order valence-electron chi connectivity index (χ2n) is 7.33. The molecule has 0 aromatic heterocycles. The van der Waals surface area contributed by atoms with Crippen LogP contribution >= 0.6 is 0 Å². The Bertz CT molecular complexity index is 635. The number of benzene rings is 1. The van der Waals surface area contributed by atoms with Gasteiger partial charge in [0.15, 0.2) is 0 Å². The molecule has 2 amide bonds. The third-order valence-corrected chi connectivity index (χ3v) is 4.06. The monoisotopic (exact) mass is 362 g/mol. The SMILES string of the molecule is CC(C)(C)OC(=O)N1CCC([C@H]([18F])/C=N/NC(=O)c2ccccc2)CC1. The number of hydrazone groups is 1. The molecule has 1 fully saturated rings. The van der Waals surface area contributed by atoms with Crippen molar-refractivity contribution in [1.82, 2.24) is 10.3 Å². The Balaban J connectivity index is 1.76. The highest BCUT2D eigenvalue weighted by atomic mass is 18.2. The van der Waals surface area contributed by atoms with Crippen molar-refractivity contribution in [1.29, 1.82) is 0 Å². The molecule has 0 spiro atoms. The third kappa shape index (κ3) is 6.13. The van der Waals surface area contributed by atoms with Gasteiger partial charge < -0.3 is 9.64 Å². The number of nitrogens with one attached hydrogen (secondary N) is 1. The summed E-state index contributed by atoms with van der Waals surface area (Å²) in [6.45, 7) is 6.34. The van der Waals surface area contributed by atoms with Crippen LogP contribution in [0, 0.1) is 5.92 Å². The van der Waals surface area contributed by atoms with Crippen LogP contribution < -0.4 is 5.43 Å². The molecule has 1 N–H and O–H groups in total. The van der Waals surface area contributed by atoms with Crippen molar-refractivity contribution in [3.8, 4) is 0 Å². The van der Waals surface area contributed by atoms with Crippen LogP contribution in [0.1, 0.15) is 44.0 Å². The second kappa shape index (κ2) is 8.78. The van der Waals surface area contributed by atoms with E-state index in [1.54, 1.807) is 35.2 Å². The third-order valence-electron chi connectivity index (χ3n) is 4.06. The number of piperidine rings is 1. The van der Waals surface area contributed by atoms with Gasteiger partial charge in [-0.2, -0.15) is 5.10 Å². The molecule has 2 rings (SSSR count). The molecule has 1 aliphatic heterocycles. The second-order valence-corrected chi connectivity index (χ2v) is 7.33. The number of rotatable bonds is 4. The number of halogens is 1. The lowest BCUT2D eigenvalue weighted by Crippen LogP contribution is -2.43. The van der Waals surface area contributed by atoms with E-state index < -0.39 is 11.8 Å². The van der Waals surface area contributed by atoms with Crippen LogP contribution in [0.4, 0.5) is 9.18 Å². The van der Waals surface area contributed by atoms with Crippen molar-refractivity contribution >= 4 is 18.2 Å². The van der Waals surface area contributed by atoms with E-state index in [0.29, 0.717) is 31.5 Å². The van der Waals surface area contributed by atoms with E-state index >= 15 is 0 Å². The summed E-state index contributed by atoms with van der Waals surface area (Å²) in [6.07, 6.45) is 0.536. The average molecular weight is 362 g/mol. The molecule has 1 saturated heterocycles. The van der Waals surface area contributed by atoms with E-state index in [-0.39, 0.29) is 17.9 Å². The first kappa shape index (κ1) is 19.9. The molecule has 1 heterocycles. The maximum absolute atomic E-state index is 14.3. The normalized spacial score (nSPS) is 17.2. The van der Waals surface area contributed by atoms with Gasteiger partial charge in [-0.15, -0.1) is 0 Å². The predicted molar refractivity (Wildman–Crippen MR) is 97.8 cm³/mol. The van der Waals surface area contributed by atoms with Crippen LogP contribution in [-0.2, 0) is 4.74 Å². The molecular weight excluding hydrogens is 336 g/mol. The summed E-state index contributed by atoms with van der Waals surface area (Å²) in [5.74, 6) is -0.611. The predicted octanol–water partition coefficient (Wildman–Crippen LogP) is 3.39. The fourth-order valence-electron chi connectivity index (χ4n) is 2.67. The molecule has 0 bridgehead atoms. The minimum atomic E-state index is -1.27. The lowest BCUT2D eigenvalue weighted by molar-refractivity contribution is 0.0164. The number of likely N-dealkylation sites (tertiary alicyclic amines) is 1. The van der Waals surface area contributed by atoms with Crippen molar-refractivity contribution in [3.63, 3.8) is 0 Å². The van der Waals surface area contributed by atoms with Crippen LogP contribution in [0.15, 0.2) is 35.4 Å². The fourth-order valence-corrected chi connectivity index (χ4v) is 2.67. The smallest absolute Gasteiger partial charge is 0.410 e. The Labute approximate surface area is 153 Å². The number of hydrogen-bond donors (Lipinski definition) is 1. The number of amides is 2. The van der Waals surface area contributed by atoms with Crippen molar-refractivity contribution in [2.24, 2.45) is 11.0 Å². The molecule has 0 unspecified atom stereocenters. The van der Waals surface area contributed by atoms with Crippen LogP contribution in [0.2, 0.25) is 0 Å². The van der Waals surface area contributed by atoms with E-state index in [1.165, 1.54) is 0 Å². The van der Waals surface area contributed by atoms with Gasteiger partial charge in [0.2, 0.25) is 0 Å². The zero-order chi connectivity index (χ0) is 19.2. The van der Waals surface area contributed by atoms with Gasteiger partial charge in [0.25, 0.3) is 5.91 Å². The maximum atomic E-state index is 14.3. The highest BCUT2D eigenvalue weighted by molar-refractivity contribution is 5.94. The largest absolute Gasteiger partial charge is 0.444 e. The summed E-state index contributed by atoms with van der Waals surface area (Å²) >= 11 is 0. The highest BCUT2D eigenvalue weighted by Gasteiger charge is 2.30. The van der Waals surface area contributed by atoms with E-state index in [9.17, 15) is 14.0 Å². The highest BCUT2D eigenvalue weighted by Crippen LogP contribution is 2.23. The van der Waals surface area contributed by atoms with Gasteiger partial charge in [0, 0.05) is 18.7 Å². The molecule has 142 valence electrons. The number of carbonyl (C=O) groups is 2. The Morgan fingerprint density at radius 3 is 2.46 bits per heavy atom. The standard InChI is InChI=1S/C19H26FN3O3/c1-19(2,3)26-18(25)23-11-9-14(10-12-23)16(20)13-21-22-17(24)15-7-5-4-6-8-15/h4-8,13-14,16H,9-12H2,1-3H3,(H,22,24)/b21-13+/t16-/m1/s1/i20-1. The number of carbonyl (C=O) groups excluding carboxylic acids is 2. The minimum absolute atomic E-state index is 0.230. The van der Waals surface area contributed by atoms with Crippen molar-refractivity contribution in [2.45, 2.75) is 45.4 Å². The molecule has 7 heteroatoms. The summed E-state index contributed by atoms with van der Waals surface area (Å²) in [7, 11) is 0. The Morgan fingerprint density at radius 2 is 1.88 bits per heavy atom. The topological polar surface area (TPSA) is 71.0 Å².